The van der Waals surface area contributed by atoms with Crippen molar-refractivity contribution in [3.05, 3.63) is 72.4 Å². The van der Waals surface area contributed by atoms with E-state index in [0.717, 1.165) is 27.1 Å². The van der Waals surface area contributed by atoms with E-state index in [1.54, 1.807) is 12.5 Å². The zero-order valence-electron chi connectivity index (χ0n) is 17.6. The molecule has 2 aromatic heterocycles. The van der Waals surface area contributed by atoms with Gasteiger partial charge in [-0.05, 0) is 35.9 Å². The van der Waals surface area contributed by atoms with Gasteiger partial charge in [-0.2, -0.15) is 0 Å². The zero-order valence-corrected chi connectivity index (χ0v) is 18.4. The number of furan rings is 1. The van der Waals surface area contributed by atoms with Gasteiger partial charge in [-0.3, -0.25) is 14.0 Å². The van der Waals surface area contributed by atoms with E-state index >= 15 is 0 Å². The van der Waals surface area contributed by atoms with Crippen LogP contribution in [0.5, 0.6) is 0 Å². The number of pyridine rings is 1. The van der Waals surface area contributed by atoms with Crippen molar-refractivity contribution in [1.82, 2.24) is 9.88 Å². The standard InChI is InChI=1S/C25H22N2O4S/c1-32(29)20-7-5-17(6-8-20)23-16-22-24(31-23)21(9-10-26-22)18-3-2-4-19(15-18)25(28)27-11-13-30-14-12-27/h2-10,15-16H,11-14H2,1H3/t32-/m0/s1. The van der Waals surface area contributed by atoms with Crippen LogP contribution in [-0.2, 0) is 15.5 Å². The summed E-state index contributed by atoms with van der Waals surface area (Å²) in [5.41, 5.74) is 4.72. The molecule has 0 aliphatic carbocycles. The molecule has 2 aromatic carbocycles. The number of amides is 1. The number of benzene rings is 2. The lowest BCUT2D eigenvalue weighted by molar-refractivity contribution is 0.0303. The number of morpholine rings is 1. The van der Waals surface area contributed by atoms with E-state index in [1.807, 2.05) is 65.6 Å². The van der Waals surface area contributed by atoms with Crippen LogP contribution in [0, 0.1) is 0 Å². The molecule has 1 amide bonds. The van der Waals surface area contributed by atoms with Gasteiger partial charge in [0.25, 0.3) is 5.91 Å². The lowest BCUT2D eigenvalue weighted by atomic mass is 10.0. The molecule has 3 heterocycles. The fraction of sp³-hybridized carbons (Fsp3) is 0.200. The minimum Gasteiger partial charge on any atom is -0.454 e. The second-order valence-electron chi connectivity index (χ2n) is 7.65. The van der Waals surface area contributed by atoms with Crippen molar-refractivity contribution < 1.29 is 18.2 Å². The third-order valence-electron chi connectivity index (χ3n) is 5.60. The summed E-state index contributed by atoms with van der Waals surface area (Å²) in [6.45, 7) is 2.35. The fourth-order valence-corrected chi connectivity index (χ4v) is 4.41. The summed E-state index contributed by atoms with van der Waals surface area (Å²) in [4.78, 5) is 20.0. The van der Waals surface area contributed by atoms with E-state index in [4.69, 9.17) is 9.15 Å². The first-order valence-corrected chi connectivity index (χ1v) is 12.0. The number of aromatic nitrogens is 1. The molecule has 7 heteroatoms. The molecule has 4 aromatic rings. The van der Waals surface area contributed by atoms with E-state index in [2.05, 4.69) is 4.98 Å². The fourth-order valence-electron chi connectivity index (χ4n) is 3.89. The van der Waals surface area contributed by atoms with Crippen molar-refractivity contribution in [2.24, 2.45) is 0 Å². The molecule has 6 nitrogen and oxygen atoms in total. The Balaban J connectivity index is 1.51. The SMILES string of the molecule is C[S@](=O)c1ccc(-c2cc3nccc(-c4cccc(C(=O)N5CCOCC5)c4)c3o2)cc1. The van der Waals surface area contributed by atoms with Crippen molar-refractivity contribution in [2.45, 2.75) is 4.90 Å². The summed E-state index contributed by atoms with van der Waals surface area (Å²) < 4.78 is 23.2. The third kappa shape index (κ3) is 3.97. The maximum atomic E-state index is 12.9. The second kappa shape index (κ2) is 8.68. The lowest BCUT2D eigenvalue weighted by Gasteiger charge is -2.27. The van der Waals surface area contributed by atoms with Crippen LogP contribution in [0.2, 0.25) is 0 Å². The minimum absolute atomic E-state index is 0.00832. The van der Waals surface area contributed by atoms with Crippen molar-refractivity contribution in [3.8, 4) is 22.5 Å². The number of carbonyl (C=O) groups excluding carboxylic acids is 1. The molecule has 0 radical (unpaired) electrons. The van der Waals surface area contributed by atoms with Gasteiger partial charge in [-0.1, -0.05) is 24.3 Å². The molecule has 0 bridgehead atoms. The van der Waals surface area contributed by atoms with Crippen LogP contribution in [0.25, 0.3) is 33.6 Å². The van der Waals surface area contributed by atoms with Crippen LogP contribution in [0.1, 0.15) is 10.4 Å². The van der Waals surface area contributed by atoms with E-state index in [0.29, 0.717) is 43.2 Å². The highest BCUT2D eigenvalue weighted by atomic mass is 32.2. The summed E-state index contributed by atoms with van der Waals surface area (Å²) in [6.07, 6.45) is 3.40. The molecule has 1 aliphatic heterocycles. The molecule has 1 saturated heterocycles. The summed E-state index contributed by atoms with van der Waals surface area (Å²) in [5.74, 6) is 0.697. The first kappa shape index (κ1) is 20.6. The van der Waals surface area contributed by atoms with Crippen LogP contribution >= 0.6 is 0 Å². The number of hydrogen-bond donors (Lipinski definition) is 0. The number of fused-ring (bicyclic) bond motifs is 1. The van der Waals surface area contributed by atoms with Gasteiger partial charge in [0.2, 0.25) is 0 Å². The number of nitrogens with zero attached hydrogens (tertiary/aromatic N) is 2. The van der Waals surface area contributed by atoms with Gasteiger partial charge in [0.1, 0.15) is 11.3 Å². The van der Waals surface area contributed by atoms with Crippen molar-refractivity contribution >= 4 is 27.8 Å². The Morgan fingerprint density at radius 2 is 1.78 bits per heavy atom. The van der Waals surface area contributed by atoms with Gasteiger partial charge >= 0.3 is 0 Å². The summed E-state index contributed by atoms with van der Waals surface area (Å²) in [6, 6.07) is 18.9. The van der Waals surface area contributed by atoms with E-state index in [9.17, 15) is 9.00 Å². The zero-order chi connectivity index (χ0) is 22.1. The van der Waals surface area contributed by atoms with Gasteiger partial charge in [0, 0.05) is 64.0 Å². The Morgan fingerprint density at radius 1 is 1.00 bits per heavy atom. The Hall–Kier alpha value is -3.29. The van der Waals surface area contributed by atoms with Crippen LogP contribution in [0.3, 0.4) is 0 Å². The maximum Gasteiger partial charge on any atom is 0.254 e. The average molecular weight is 447 g/mol. The summed E-state index contributed by atoms with van der Waals surface area (Å²) in [5, 5.41) is 0. The number of rotatable bonds is 4. The van der Waals surface area contributed by atoms with Gasteiger partial charge in [0.05, 0.1) is 13.2 Å². The third-order valence-corrected chi connectivity index (χ3v) is 6.54. The quantitative estimate of drug-likeness (QED) is 0.465. The molecular formula is C25H22N2O4S. The van der Waals surface area contributed by atoms with Crippen LogP contribution in [-0.4, -0.2) is 52.6 Å². The molecule has 162 valence electrons. The van der Waals surface area contributed by atoms with Crippen LogP contribution in [0.15, 0.2) is 76.2 Å². The minimum atomic E-state index is -1.03. The molecule has 1 fully saturated rings. The molecule has 1 atom stereocenters. The Labute approximate surface area is 188 Å². The predicted octanol–water partition coefficient (Wildman–Crippen LogP) is 4.37. The van der Waals surface area contributed by atoms with Gasteiger partial charge < -0.3 is 14.1 Å². The first-order chi connectivity index (χ1) is 15.6. The lowest BCUT2D eigenvalue weighted by Crippen LogP contribution is -2.40. The molecule has 32 heavy (non-hydrogen) atoms. The summed E-state index contributed by atoms with van der Waals surface area (Å²) in [7, 11) is -1.03. The van der Waals surface area contributed by atoms with Gasteiger partial charge in [0.15, 0.2) is 5.58 Å². The van der Waals surface area contributed by atoms with E-state index < -0.39 is 10.8 Å². The molecule has 0 spiro atoms. The summed E-state index contributed by atoms with van der Waals surface area (Å²) >= 11 is 0. The van der Waals surface area contributed by atoms with E-state index in [1.165, 1.54) is 0 Å². The van der Waals surface area contributed by atoms with Gasteiger partial charge in [-0.25, -0.2) is 0 Å². The Kier molecular flexibility index (Phi) is 5.59. The number of carbonyl (C=O) groups is 1. The van der Waals surface area contributed by atoms with Crippen LogP contribution < -0.4 is 0 Å². The molecular weight excluding hydrogens is 424 g/mol. The average Bonchev–Trinajstić information content (AvgIpc) is 3.29. The molecule has 0 unspecified atom stereocenters. The normalized spacial score (nSPS) is 15.1. The second-order valence-corrected chi connectivity index (χ2v) is 9.03. The Morgan fingerprint density at radius 3 is 2.53 bits per heavy atom. The maximum absolute atomic E-state index is 12.9. The monoisotopic (exact) mass is 446 g/mol. The smallest absolute Gasteiger partial charge is 0.254 e. The highest BCUT2D eigenvalue weighted by Crippen LogP contribution is 2.34. The molecule has 5 rings (SSSR count). The molecule has 0 N–H and O–H groups in total. The number of ether oxygens (including phenoxy) is 1. The van der Waals surface area contributed by atoms with Crippen LogP contribution in [0.4, 0.5) is 0 Å². The molecule has 1 aliphatic rings. The van der Waals surface area contributed by atoms with Crippen molar-refractivity contribution in [2.75, 3.05) is 32.6 Å². The van der Waals surface area contributed by atoms with E-state index in [-0.39, 0.29) is 5.91 Å². The topological polar surface area (TPSA) is 72.6 Å². The largest absolute Gasteiger partial charge is 0.454 e. The highest BCUT2D eigenvalue weighted by Gasteiger charge is 2.19. The highest BCUT2D eigenvalue weighted by molar-refractivity contribution is 7.84. The van der Waals surface area contributed by atoms with Crippen molar-refractivity contribution in [1.29, 1.82) is 0 Å². The molecule has 0 saturated carbocycles. The predicted molar refractivity (Wildman–Crippen MR) is 124 cm³/mol. The number of hydrogen-bond acceptors (Lipinski definition) is 5. The Bertz CT molecular complexity index is 1310. The van der Waals surface area contributed by atoms with Crippen molar-refractivity contribution in [3.63, 3.8) is 0 Å². The van der Waals surface area contributed by atoms with Gasteiger partial charge in [-0.15, -0.1) is 0 Å². The first-order valence-electron chi connectivity index (χ1n) is 10.4.